The Balaban J connectivity index is 1.79. The van der Waals surface area contributed by atoms with E-state index in [1.807, 2.05) is 0 Å². The number of hydrogen-bond donors (Lipinski definition) is 1. The van der Waals surface area contributed by atoms with E-state index in [-0.39, 0.29) is 23.5 Å². The number of hydrogen-bond acceptors (Lipinski definition) is 2. The number of anilines is 1. The van der Waals surface area contributed by atoms with Gasteiger partial charge >= 0.3 is 0 Å². The maximum Gasteiger partial charge on any atom is 0.126 e. The van der Waals surface area contributed by atoms with Crippen molar-refractivity contribution in [3.8, 4) is 0 Å². The Morgan fingerprint density at radius 3 is 2.46 bits per heavy atom. The molecule has 2 aromatic carbocycles. The number of benzene rings is 2. The lowest BCUT2D eigenvalue weighted by Gasteiger charge is -2.44. The first-order valence-electron chi connectivity index (χ1n) is 9.31. The van der Waals surface area contributed by atoms with Crippen LogP contribution in [-0.4, -0.2) is 6.61 Å². The third-order valence-corrected chi connectivity index (χ3v) is 5.58. The standard InChI is InChI=1S/C22H25F2NO/c1-22(2,3)14-6-7-19-18(11-14)21-17(5-4-8-26-21)20(25-19)13-9-15(23)12-16(24)10-13/h6-7,9-12,17,20-21,25H,4-5,8H2,1-3H3. The van der Waals surface area contributed by atoms with Crippen molar-refractivity contribution in [1.29, 1.82) is 0 Å². The molecule has 0 aromatic heterocycles. The molecule has 0 saturated carbocycles. The number of ether oxygens (including phenoxy) is 1. The van der Waals surface area contributed by atoms with Crippen LogP contribution in [0.25, 0.3) is 0 Å². The monoisotopic (exact) mass is 357 g/mol. The first-order chi connectivity index (χ1) is 12.3. The zero-order valence-corrected chi connectivity index (χ0v) is 15.5. The molecule has 3 unspecified atom stereocenters. The van der Waals surface area contributed by atoms with Gasteiger partial charge in [0.1, 0.15) is 11.6 Å². The highest BCUT2D eigenvalue weighted by atomic mass is 19.1. The van der Waals surface area contributed by atoms with Crippen LogP contribution in [0.2, 0.25) is 0 Å². The third kappa shape index (κ3) is 3.11. The van der Waals surface area contributed by atoms with Crippen molar-refractivity contribution in [2.24, 2.45) is 5.92 Å². The van der Waals surface area contributed by atoms with Gasteiger partial charge in [-0.05, 0) is 47.6 Å². The molecular formula is C22H25F2NO. The predicted molar refractivity (Wildman–Crippen MR) is 99.3 cm³/mol. The predicted octanol–water partition coefficient (Wildman–Crippen LogP) is 5.90. The number of rotatable bonds is 1. The Bertz CT molecular complexity index is 807. The van der Waals surface area contributed by atoms with Crippen LogP contribution in [0.15, 0.2) is 36.4 Å². The van der Waals surface area contributed by atoms with Gasteiger partial charge in [0.2, 0.25) is 0 Å². The average molecular weight is 357 g/mol. The van der Waals surface area contributed by atoms with E-state index in [0.717, 1.165) is 36.8 Å². The molecule has 3 atom stereocenters. The second kappa shape index (κ2) is 6.34. The van der Waals surface area contributed by atoms with Crippen molar-refractivity contribution in [3.63, 3.8) is 0 Å². The smallest absolute Gasteiger partial charge is 0.126 e. The summed E-state index contributed by atoms with van der Waals surface area (Å²) in [7, 11) is 0. The number of nitrogens with one attached hydrogen (secondary N) is 1. The van der Waals surface area contributed by atoms with E-state index in [1.54, 1.807) is 0 Å². The third-order valence-electron chi connectivity index (χ3n) is 5.58. The lowest BCUT2D eigenvalue weighted by atomic mass is 9.76. The topological polar surface area (TPSA) is 21.3 Å². The van der Waals surface area contributed by atoms with Crippen molar-refractivity contribution in [3.05, 3.63) is 64.7 Å². The molecule has 138 valence electrons. The summed E-state index contributed by atoms with van der Waals surface area (Å²) in [6.07, 6.45) is 1.89. The summed E-state index contributed by atoms with van der Waals surface area (Å²) in [5.74, 6) is -0.916. The summed E-state index contributed by atoms with van der Waals surface area (Å²) in [6.45, 7) is 7.32. The lowest BCUT2D eigenvalue weighted by Crippen LogP contribution is -2.36. The summed E-state index contributed by atoms with van der Waals surface area (Å²) in [5, 5.41) is 3.53. The van der Waals surface area contributed by atoms with Crippen LogP contribution in [0, 0.1) is 17.6 Å². The van der Waals surface area contributed by atoms with Gasteiger partial charge in [-0.25, -0.2) is 8.78 Å². The summed E-state index contributed by atoms with van der Waals surface area (Å²) >= 11 is 0. The van der Waals surface area contributed by atoms with Crippen LogP contribution in [0.5, 0.6) is 0 Å². The molecule has 2 aromatic rings. The molecule has 2 aliphatic rings. The second-order valence-corrected chi connectivity index (χ2v) is 8.47. The Morgan fingerprint density at radius 2 is 1.77 bits per heavy atom. The first-order valence-corrected chi connectivity index (χ1v) is 9.31. The van der Waals surface area contributed by atoms with E-state index in [1.165, 1.54) is 17.7 Å². The molecule has 0 radical (unpaired) electrons. The van der Waals surface area contributed by atoms with Gasteiger partial charge in [0, 0.05) is 29.8 Å². The molecule has 0 amide bonds. The Morgan fingerprint density at radius 1 is 1.04 bits per heavy atom. The van der Waals surface area contributed by atoms with Crippen molar-refractivity contribution in [2.45, 2.75) is 51.2 Å². The summed E-state index contributed by atoms with van der Waals surface area (Å²) < 4.78 is 33.7. The van der Waals surface area contributed by atoms with Gasteiger partial charge in [0.15, 0.2) is 0 Å². The molecule has 26 heavy (non-hydrogen) atoms. The Kier molecular flexibility index (Phi) is 4.26. The summed E-state index contributed by atoms with van der Waals surface area (Å²) in [5.41, 5.74) is 4.13. The van der Waals surface area contributed by atoms with Crippen LogP contribution < -0.4 is 5.32 Å². The molecule has 1 N–H and O–H groups in total. The molecular weight excluding hydrogens is 332 g/mol. The highest BCUT2D eigenvalue weighted by Crippen LogP contribution is 2.49. The molecule has 0 spiro atoms. The highest BCUT2D eigenvalue weighted by molar-refractivity contribution is 5.59. The fourth-order valence-corrected chi connectivity index (χ4v) is 4.22. The van der Waals surface area contributed by atoms with Crippen molar-refractivity contribution in [2.75, 3.05) is 11.9 Å². The van der Waals surface area contributed by atoms with E-state index in [9.17, 15) is 8.78 Å². The van der Waals surface area contributed by atoms with Crippen molar-refractivity contribution >= 4 is 5.69 Å². The maximum absolute atomic E-state index is 13.8. The largest absolute Gasteiger partial charge is 0.378 e. The van der Waals surface area contributed by atoms with Crippen molar-refractivity contribution < 1.29 is 13.5 Å². The van der Waals surface area contributed by atoms with Crippen molar-refractivity contribution in [1.82, 2.24) is 0 Å². The molecule has 2 nitrogen and oxygen atoms in total. The first kappa shape index (κ1) is 17.5. The fraction of sp³-hybridized carbons (Fsp3) is 0.455. The molecule has 4 heteroatoms. The van der Waals surface area contributed by atoms with Gasteiger partial charge in [-0.1, -0.05) is 32.9 Å². The molecule has 2 heterocycles. The lowest BCUT2D eigenvalue weighted by molar-refractivity contribution is -0.0382. The SMILES string of the molecule is CC(C)(C)c1ccc2c(c1)C1OCCCC1C(c1cc(F)cc(F)c1)N2. The number of fused-ring (bicyclic) bond motifs is 3. The Labute approximate surface area is 153 Å². The van der Waals surface area contributed by atoms with Gasteiger partial charge in [-0.3, -0.25) is 0 Å². The van der Waals surface area contributed by atoms with E-state index in [4.69, 9.17) is 4.74 Å². The van der Waals surface area contributed by atoms with Gasteiger partial charge < -0.3 is 10.1 Å². The highest BCUT2D eigenvalue weighted by Gasteiger charge is 2.40. The minimum atomic E-state index is -0.538. The molecule has 1 saturated heterocycles. The van der Waals surface area contributed by atoms with Gasteiger partial charge in [0.25, 0.3) is 0 Å². The van der Waals surface area contributed by atoms with E-state index < -0.39 is 11.6 Å². The van der Waals surface area contributed by atoms with Crippen LogP contribution in [0.3, 0.4) is 0 Å². The fourth-order valence-electron chi connectivity index (χ4n) is 4.22. The zero-order valence-electron chi connectivity index (χ0n) is 15.5. The summed E-state index contributed by atoms with van der Waals surface area (Å²) in [4.78, 5) is 0. The van der Waals surface area contributed by atoms with Gasteiger partial charge in [0.05, 0.1) is 12.1 Å². The molecule has 0 aliphatic carbocycles. The minimum Gasteiger partial charge on any atom is -0.378 e. The Hall–Kier alpha value is -1.94. The van der Waals surface area contributed by atoms with Gasteiger partial charge in [-0.2, -0.15) is 0 Å². The molecule has 2 aliphatic heterocycles. The maximum atomic E-state index is 13.8. The van der Waals surface area contributed by atoms with E-state index >= 15 is 0 Å². The van der Waals surface area contributed by atoms with E-state index in [2.05, 4.69) is 44.3 Å². The summed E-state index contributed by atoms with van der Waals surface area (Å²) in [6, 6.07) is 10.1. The molecule has 4 rings (SSSR count). The second-order valence-electron chi connectivity index (χ2n) is 8.47. The van der Waals surface area contributed by atoms with Crippen LogP contribution in [-0.2, 0) is 10.2 Å². The quantitative estimate of drug-likeness (QED) is 0.686. The molecule has 0 bridgehead atoms. The number of halogens is 2. The van der Waals surface area contributed by atoms with Crippen LogP contribution in [0.4, 0.5) is 14.5 Å². The van der Waals surface area contributed by atoms with Crippen LogP contribution in [0.1, 0.15) is 62.4 Å². The minimum absolute atomic E-state index is 0.0429. The van der Waals surface area contributed by atoms with Gasteiger partial charge in [-0.15, -0.1) is 0 Å². The van der Waals surface area contributed by atoms with E-state index in [0.29, 0.717) is 5.56 Å². The zero-order chi connectivity index (χ0) is 18.5. The van der Waals surface area contributed by atoms with Crippen LogP contribution >= 0.6 is 0 Å². The molecule has 1 fully saturated rings. The normalized spacial score (nSPS) is 25.2. The average Bonchev–Trinajstić information content (AvgIpc) is 2.59.